The standard InChI is InChI=1S/C20H20N6O4/c1-13-16(5-2-6-17(13)26(29)30)19(27)22-10-11-24-20(28)25(15-7-8-15)18(23-24)14-4-3-9-21-12-14/h2-6,9,12,15H,7-8,10-11H2,1H3,(H,22,27). The van der Waals surface area contributed by atoms with Crippen molar-refractivity contribution in [3.63, 3.8) is 0 Å². The van der Waals surface area contributed by atoms with Crippen LogP contribution in [0.5, 0.6) is 0 Å². The lowest BCUT2D eigenvalue weighted by atomic mass is 10.1. The molecule has 30 heavy (non-hydrogen) atoms. The maximum atomic E-state index is 12.8. The maximum absolute atomic E-state index is 12.8. The Labute approximate surface area is 171 Å². The fourth-order valence-electron chi connectivity index (χ4n) is 3.36. The van der Waals surface area contributed by atoms with Gasteiger partial charge in [-0.25, -0.2) is 9.48 Å². The second-order valence-electron chi connectivity index (χ2n) is 7.13. The van der Waals surface area contributed by atoms with Gasteiger partial charge in [0, 0.05) is 47.7 Å². The van der Waals surface area contributed by atoms with Gasteiger partial charge in [0.1, 0.15) is 0 Å². The van der Waals surface area contributed by atoms with Crippen molar-refractivity contribution in [2.45, 2.75) is 32.4 Å². The summed E-state index contributed by atoms with van der Waals surface area (Å²) < 4.78 is 3.02. The Bertz CT molecular complexity index is 1160. The molecule has 0 bridgehead atoms. The summed E-state index contributed by atoms with van der Waals surface area (Å²) in [6.45, 7) is 1.88. The Morgan fingerprint density at radius 3 is 2.77 bits per heavy atom. The minimum absolute atomic E-state index is 0.108. The van der Waals surface area contributed by atoms with Crippen LogP contribution >= 0.6 is 0 Å². The minimum atomic E-state index is -0.518. The van der Waals surface area contributed by atoms with Crippen molar-refractivity contribution >= 4 is 11.6 Å². The monoisotopic (exact) mass is 408 g/mol. The zero-order valence-electron chi connectivity index (χ0n) is 16.3. The number of nitrogens with zero attached hydrogens (tertiary/aromatic N) is 5. The molecule has 1 N–H and O–H groups in total. The second-order valence-corrected chi connectivity index (χ2v) is 7.13. The molecule has 2 aromatic heterocycles. The van der Waals surface area contributed by atoms with Crippen LogP contribution in [0.3, 0.4) is 0 Å². The van der Waals surface area contributed by atoms with E-state index in [4.69, 9.17) is 0 Å². The number of hydrogen-bond acceptors (Lipinski definition) is 6. The molecule has 154 valence electrons. The molecule has 1 aromatic carbocycles. The quantitative estimate of drug-likeness (QED) is 0.471. The van der Waals surface area contributed by atoms with Crippen molar-refractivity contribution in [1.82, 2.24) is 24.6 Å². The van der Waals surface area contributed by atoms with Crippen LogP contribution in [0.25, 0.3) is 11.4 Å². The highest BCUT2D eigenvalue weighted by molar-refractivity contribution is 5.96. The van der Waals surface area contributed by atoms with Gasteiger partial charge in [-0.05, 0) is 38.0 Å². The van der Waals surface area contributed by atoms with Crippen molar-refractivity contribution < 1.29 is 9.72 Å². The number of carbonyl (C=O) groups excluding carboxylic acids is 1. The van der Waals surface area contributed by atoms with Gasteiger partial charge in [-0.3, -0.25) is 24.5 Å². The van der Waals surface area contributed by atoms with Crippen molar-refractivity contribution in [1.29, 1.82) is 0 Å². The smallest absolute Gasteiger partial charge is 0.346 e. The SMILES string of the molecule is Cc1c(C(=O)NCCn2nc(-c3cccnc3)n(C3CC3)c2=O)cccc1[N+](=O)[O-]. The van der Waals surface area contributed by atoms with Gasteiger partial charge >= 0.3 is 5.69 Å². The van der Waals surface area contributed by atoms with Crippen molar-refractivity contribution in [2.24, 2.45) is 0 Å². The van der Waals surface area contributed by atoms with Gasteiger partial charge in [0.2, 0.25) is 0 Å². The van der Waals surface area contributed by atoms with Gasteiger partial charge in [-0.2, -0.15) is 0 Å². The number of carbonyl (C=O) groups is 1. The fraction of sp³-hybridized carbons (Fsp3) is 0.300. The Morgan fingerprint density at radius 2 is 2.10 bits per heavy atom. The molecule has 0 spiro atoms. The van der Waals surface area contributed by atoms with Crippen LogP contribution in [-0.4, -0.2) is 36.7 Å². The Kier molecular flexibility index (Phi) is 5.13. The number of pyridine rings is 1. The van der Waals surface area contributed by atoms with Crippen molar-refractivity contribution in [3.05, 3.63) is 74.5 Å². The van der Waals surface area contributed by atoms with Gasteiger partial charge in [0.05, 0.1) is 11.5 Å². The molecule has 2 heterocycles. The summed E-state index contributed by atoms with van der Waals surface area (Å²) in [4.78, 5) is 39.9. The molecule has 1 saturated carbocycles. The van der Waals surface area contributed by atoms with E-state index in [9.17, 15) is 19.7 Å². The second kappa shape index (κ2) is 7.90. The van der Waals surface area contributed by atoms with Gasteiger partial charge in [0.25, 0.3) is 11.6 Å². The fourth-order valence-corrected chi connectivity index (χ4v) is 3.36. The molecule has 1 aliphatic rings. The number of aromatic nitrogens is 4. The number of nitro groups is 1. The lowest BCUT2D eigenvalue weighted by Gasteiger charge is -2.07. The highest BCUT2D eigenvalue weighted by atomic mass is 16.6. The number of rotatable bonds is 7. The summed E-state index contributed by atoms with van der Waals surface area (Å²) in [7, 11) is 0. The first-order valence-corrected chi connectivity index (χ1v) is 9.59. The zero-order valence-corrected chi connectivity index (χ0v) is 16.3. The van der Waals surface area contributed by atoms with Gasteiger partial charge in [-0.15, -0.1) is 5.10 Å². The predicted molar refractivity (Wildman–Crippen MR) is 108 cm³/mol. The molecule has 1 aliphatic carbocycles. The normalized spacial score (nSPS) is 13.2. The summed E-state index contributed by atoms with van der Waals surface area (Å²) in [6, 6.07) is 8.15. The van der Waals surface area contributed by atoms with E-state index in [1.54, 1.807) is 23.0 Å². The van der Waals surface area contributed by atoms with Crippen LogP contribution in [0.15, 0.2) is 47.5 Å². The average molecular weight is 408 g/mol. The first-order valence-electron chi connectivity index (χ1n) is 9.59. The molecule has 1 fully saturated rings. The van der Waals surface area contributed by atoms with Gasteiger partial charge < -0.3 is 5.32 Å². The molecule has 4 rings (SSSR count). The minimum Gasteiger partial charge on any atom is -0.350 e. The molecule has 0 aliphatic heterocycles. The molecule has 0 radical (unpaired) electrons. The van der Waals surface area contributed by atoms with Crippen LogP contribution in [0.4, 0.5) is 5.69 Å². The Hall–Kier alpha value is -3.82. The Morgan fingerprint density at radius 1 is 1.30 bits per heavy atom. The summed E-state index contributed by atoms with van der Waals surface area (Å²) in [6.07, 6.45) is 5.19. The molecule has 0 saturated heterocycles. The highest BCUT2D eigenvalue weighted by Gasteiger charge is 2.30. The molecular weight excluding hydrogens is 388 g/mol. The van der Waals surface area contributed by atoms with E-state index in [-0.39, 0.29) is 36.1 Å². The van der Waals surface area contributed by atoms with E-state index in [0.717, 1.165) is 18.4 Å². The van der Waals surface area contributed by atoms with E-state index < -0.39 is 10.8 Å². The van der Waals surface area contributed by atoms with Crippen molar-refractivity contribution in [2.75, 3.05) is 6.54 Å². The third-order valence-corrected chi connectivity index (χ3v) is 5.06. The number of nitrogens with one attached hydrogen (secondary N) is 1. The van der Waals surface area contributed by atoms with Crippen LogP contribution in [-0.2, 0) is 6.54 Å². The number of nitro benzene ring substituents is 1. The van der Waals surface area contributed by atoms with E-state index in [2.05, 4.69) is 15.4 Å². The number of benzene rings is 1. The summed E-state index contributed by atoms with van der Waals surface area (Å²) in [5, 5.41) is 18.2. The first-order chi connectivity index (χ1) is 14.5. The van der Waals surface area contributed by atoms with E-state index >= 15 is 0 Å². The molecule has 10 heteroatoms. The lowest BCUT2D eigenvalue weighted by molar-refractivity contribution is -0.385. The van der Waals surface area contributed by atoms with E-state index in [1.165, 1.54) is 29.8 Å². The summed E-state index contributed by atoms with van der Waals surface area (Å²) in [5.74, 6) is 0.134. The largest absolute Gasteiger partial charge is 0.350 e. The highest BCUT2D eigenvalue weighted by Crippen LogP contribution is 2.36. The maximum Gasteiger partial charge on any atom is 0.346 e. The number of hydrogen-bond donors (Lipinski definition) is 1. The topological polar surface area (TPSA) is 125 Å². The average Bonchev–Trinajstić information content (AvgIpc) is 3.52. The summed E-state index contributed by atoms with van der Waals surface area (Å²) >= 11 is 0. The molecular formula is C20H20N6O4. The van der Waals surface area contributed by atoms with Crippen molar-refractivity contribution in [3.8, 4) is 11.4 Å². The predicted octanol–water partition coefficient (Wildman–Crippen LogP) is 2.09. The first kappa shape index (κ1) is 19.5. The molecule has 0 atom stereocenters. The third kappa shape index (κ3) is 3.71. The van der Waals surface area contributed by atoms with Gasteiger partial charge in [0.15, 0.2) is 5.82 Å². The summed E-state index contributed by atoms with van der Waals surface area (Å²) in [5.41, 5.74) is 0.960. The third-order valence-electron chi connectivity index (χ3n) is 5.06. The van der Waals surface area contributed by atoms with Crippen LogP contribution in [0, 0.1) is 17.0 Å². The Balaban J connectivity index is 1.50. The van der Waals surface area contributed by atoms with Crippen LogP contribution in [0.1, 0.15) is 34.8 Å². The van der Waals surface area contributed by atoms with Crippen LogP contribution in [0.2, 0.25) is 0 Å². The van der Waals surface area contributed by atoms with E-state index in [1.807, 2.05) is 6.07 Å². The zero-order chi connectivity index (χ0) is 21.3. The number of amides is 1. The molecule has 10 nitrogen and oxygen atoms in total. The lowest BCUT2D eigenvalue weighted by Crippen LogP contribution is -2.32. The molecule has 3 aromatic rings. The molecule has 1 amide bonds. The van der Waals surface area contributed by atoms with Crippen LogP contribution < -0.4 is 11.0 Å². The van der Waals surface area contributed by atoms with Gasteiger partial charge in [-0.1, -0.05) is 6.07 Å². The molecule has 0 unspecified atom stereocenters. The van der Waals surface area contributed by atoms with E-state index in [0.29, 0.717) is 11.4 Å².